The van der Waals surface area contributed by atoms with E-state index in [2.05, 4.69) is 71.1 Å². The molecule has 2 heteroatoms. The van der Waals surface area contributed by atoms with Crippen LogP contribution in [-0.4, -0.2) is 7.38 Å². The second-order valence-electron chi connectivity index (χ2n) is 5.69. The third kappa shape index (κ3) is 7.95. The molecule has 0 aliphatic rings. The van der Waals surface area contributed by atoms with Crippen LogP contribution in [0.4, 0.5) is 0 Å². The smallest absolute Gasteiger partial charge is 0.150 e. The van der Waals surface area contributed by atoms with Crippen LogP contribution in [0.3, 0.4) is 0 Å². The largest absolute Gasteiger partial charge is 0.168 e. The van der Waals surface area contributed by atoms with E-state index in [0.29, 0.717) is 5.41 Å². The monoisotopic (exact) mass is 256 g/mol. The van der Waals surface area contributed by atoms with E-state index in [1.807, 2.05) is 0 Å². The van der Waals surface area contributed by atoms with Crippen LogP contribution in [0.2, 0.25) is 19.1 Å². The van der Waals surface area contributed by atoms with Crippen LogP contribution in [0.25, 0.3) is 0 Å². The number of rotatable bonds is 1. The normalized spacial score (nSPS) is 11.7. The first-order chi connectivity index (χ1) is 7.17. The van der Waals surface area contributed by atoms with Gasteiger partial charge in [0, 0.05) is 0 Å². The van der Waals surface area contributed by atoms with E-state index >= 15 is 0 Å². The first-order valence-corrected chi connectivity index (χ1v) is 10.1. The Morgan fingerprint density at radius 2 is 1.44 bits per heavy atom. The molecule has 1 aromatic rings. The van der Waals surface area contributed by atoms with Gasteiger partial charge in [0.05, 0.1) is 0 Å². The summed E-state index contributed by atoms with van der Waals surface area (Å²) in [6.45, 7) is 13.1. The van der Waals surface area contributed by atoms with Gasteiger partial charge in [-0.2, -0.15) is 11.1 Å². The van der Waals surface area contributed by atoms with Gasteiger partial charge in [-0.15, -0.1) is 0 Å². The molecule has 0 N–H and O–H groups in total. The summed E-state index contributed by atoms with van der Waals surface area (Å²) in [6.07, 6.45) is 0. The predicted molar refractivity (Wildman–Crippen MR) is 79.0 cm³/mol. The Balaban J connectivity index is 0.000000325. The van der Waals surface area contributed by atoms with Gasteiger partial charge >= 0.3 is 0 Å². The SMILES string of the molecule is CC(C)(C)c1ccccc1.CC[Si](C)(C)Cl. The molecule has 16 heavy (non-hydrogen) atoms. The summed E-state index contributed by atoms with van der Waals surface area (Å²) < 4.78 is 0. The van der Waals surface area contributed by atoms with Gasteiger partial charge in [-0.25, -0.2) is 0 Å². The van der Waals surface area contributed by atoms with Gasteiger partial charge in [0.25, 0.3) is 0 Å². The summed E-state index contributed by atoms with van der Waals surface area (Å²) in [5, 5.41) is 0. The Bertz CT molecular complexity index is 280. The molecule has 1 aromatic carbocycles. The molecule has 0 saturated heterocycles. The van der Waals surface area contributed by atoms with Crippen molar-refractivity contribution in [2.24, 2.45) is 0 Å². The zero-order valence-corrected chi connectivity index (χ0v) is 13.2. The molecule has 0 aromatic heterocycles. The molecular formula is C14H25ClSi. The molecule has 0 aliphatic heterocycles. The lowest BCUT2D eigenvalue weighted by Crippen LogP contribution is -2.12. The molecule has 0 nitrogen and oxygen atoms in total. The van der Waals surface area contributed by atoms with Crippen LogP contribution < -0.4 is 0 Å². The van der Waals surface area contributed by atoms with Crippen molar-refractivity contribution in [2.45, 2.75) is 52.2 Å². The quantitative estimate of drug-likeness (QED) is 0.464. The average Bonchev–Trinajstić information content (AvgIpc) is 2.18. The molecule has 0 unspecified atom stereocenters. The van der Waals surface area contributed by atoms with Crippen LogP contribution in [-0.2, 0) is 5.41 Å². The van der Waals surface area contributed by atoms with E-state index in [0.717, 1.165) is 0 Å². The van der Waals surface area contributed by atoms with Crippen molar-refractivity contribution in [3.05, 3.63) is 35.9 Å². The standard InChI is InChI=1S/C10H14.C4H11ClSi/c1-10(2,3)9-7-5-4-6-8-9;1-4-6(2,3)5/h4-8H,1-3H3;4H2,1-3H3. The van der Waals surface area contributed by atoms with Crippen LogP contribution >= 0.6 is 11.1 Å². The number of benzene rings is 1. The first kappa shape index (κ1) is 15.7. The zero-order valence-electron chi connectivity index (χ0n) is 11.5. The van der Waals surface area contributed by atoms with Crippen molar-refractivity contribution in [3.8, 4) is 0 Å². The van der Waals surface area contributed by atoms with Crippen molar-refractivity contribution in [1.82, 2.24) is 0 Å². The molecule has 92 valence electrons. The summed E-state index contributed by atoms with van der Waals surface area (Å²) in [7, 11) is -1.16. The maximum Gasteiger partial charge on any atom is 0.150 e. The van der Waals surface area contributed by atoms with E-state index in [9.17, 15) is 0 Å². The van der Waals surface area contributed by atoms with Crippen molar-refractivity contribution < 1.29 is 0 Å². The van der Waals surface area contributed by atoms with Crippen LogP contribution in [0.1, 0.15) is 33.3 Å². The second-order valence-corrected chi connectivity index (χ2v) is 12.9. The van der Waals surface area contributed by atoms with Gasteiger partial charge < -0.3 is 0 Å². The Morgan fingerprint density at radius 1 is 1.06 bits per heavy atom. The molecular weight excluding hydrogens is 232 g/mol. The summed E-state index contributed by atoms with van der Waals surface area (Å²) >= 11 is 5.86. The van der Waals surface area contributed by atoms with Gasteiger partial charge in [-0.1, -0.05) is 71.1 Å². The highest BCUT2D eigenvalue weighted by Crippen LogP contribution is 2.20. The Morgan fingerprint density at radius 3 is 1.62 bits per heavy atom. The lowest BCUT2D eigenvalue weighted by Gasteiger charge is -2.18. The Kier molecular flexibility index (Phi) is 6.35. The molecule has 0 heterocycles. The van der Waals surface area contributed by atoms with Gasteiger partial charge in [0.2, 0.25) is 0 Å². The van der Waals surface area contributed by atoms with Crippen molar-refractivity contribution in [3.63, 3.8) is 0 Å². The summed E-state index contributed by atoms with van der Waals surface area (Å²) in [6, 6.07) is 11.7. The molecule has 0 spiro atoms. The van der Waals surface area contributed by atoms with Gasteiger partial charge in [-0.05, 0) is 17.0 Å². The number of hydrogen-bond donors (Lipinski definition) is 0. The van der Waals surface area contributed by atoms with E-state index in [1.54, 1.807) is 0 Å². The topological polar surface area (TPSA) is 0 Å². The fourth-order valence-corrected chi connectivity index (χ4v) is 0.938. The van der Waals surface area contributed by atoms with Crippen molar-refractivity contribution in [2.75, 3.05) is 0 Å². The van der Waals surface area contributed by atoms with Crippen LogP contribution in [0.5, 0.6) is 0 Å². The maximum absolute atomic E-state index is 5.86. The summed E-state index contributed by atoms with van der Waals surface area (Å²) in [5.41, 5.74) is 1.69. The minimum atomic E-state index is -1.16. The van der Waals surface area contributed by atoms with Gasteiger partial charge in [0.15, 0.2) is 0 Å². The van der Waals surface area contributed by atoms with Crippen LogP contribution in [0, 0.1) is 0 Å². The highest BCUT2D eigenvalue weighted by atomic mass is 35.6. The molecule has 0 atom stereocenters. The summed E-state index contributed by atoms with van der Waals surface area (Å²) in [5.74, 6) is 0. The fraction of sp³-hybridized carbons (Fsp3) is 0.571. The van der Waals surface area contributed by atoms with E-state index < -0.39 is 7.38 Å². The van der Waals surface area contributed by atoms with Gasteiger partial charge in [-0.3, -0.25) is 0 Å². The predicted octanol–water partition coefficient (Wildman–Crippen LogP) is 5.43. The Labute approximate surface area is 107 Å². The van der Waals surface area contributed by atoms with E-state index in [1.165, 1.54) is 11.6 Å². The lowest BCUT2D eigenvalue weighted by atomic mass is 9.87. The van der Waals surface area contributed by atoms with E-state index in [4.69, 9.17) is 11.1 Å². The third-order valence-corrected chi connectivity index (χ3v) is 4.96. The third-order valence-electron chi connectivity index (χ3n) is 2.48. The lowest BCUT2D eigenvalue weighted by molar-refractivity contribution is 0.590. The number of hydrogen-bond acceptors (Lipinski definition) is 0. The zero-order chi connectivity index (χ0) is 12.8. The van der Waals surface area contributed by atoms with E-state index in [-0.39, 0.29) is 0 Å². The Hall–Kier alpha value is -0.273. The molecule has 0 saturated carbocycles. The van der Waals surface area contributed by atoms with Gasteiger partial charge in [0.1, 0.15) is 7.38 Å². The van der Waals surface area contributed by atoms with Crippen molar-refractivity contribution >= 4 is 18.5 Å². The highest BCUT2D eigenvalue weighted by Gasteiger charge is 2.11. The first-order valence-electron chi connectivity index (χ1n) is 5.91. The minimum Gasteiger partial charge on any atom is -0.168 e. The molecule has 0 bridgehead atoms. The fourth-order valence-electron chi connectivity index (χ4n) is 0.938. The maximum atomic E-state index is 5.86. The van der Waals surface area contributed by atoms with Crippen molar-refractivity contribution in [1.29, 1.82) is 0 Å². The molecule has 0 aliphatic carbocycles. The molecule has 0 radical (unpaired) electrons. The minimum absolute atomic E-state index is 0.293. The molecule has 0 amide bonds. The molecule has 1 rings (SSSR count). The molecule has 0 fully saturated rings. The van der Waals surface area contributed by atoms with Crippen LogP contribution in [0.15, 0.2) is 30.3 Å². The summed E-state index contributed by atoms with van der Waals surface area (Å²) in [4.78, 5) is 0. The second kappa shape index (κ2) is 6.46. The highest BCUT2D eigenvalue weighted by molar-refractivity contribution is 7.19. The average molecular weight is 257 g/mol. The number of halogens is 1.